The van der Waals surface area contributed by atoms with E-state index in [-0.39, 0.29) is 18.4 Å². The van der Waals surface area contributed by atoms with E-state index in [0.717, 1.165) is 11.1 Å². The number of amides is 1. The van der Waals surface area contributed by atoms with Gasteiger partial charge in [-0.3, -0.25) is 4.79 Å². The number of ether oxygens (including phenoxy) is 3. The average Bonchev–Trinajstić information content (AvgIpc) is 3.02. The summed E-state index contributed by atoms with van der Waals surface area (Å²) in [5, 5.41) is 12.6. The van der Waals surface area contributed by atoms with Crippen LogP contribution < -0.4 is 14.8 Å². The molecule has 3 rings (SSSR count). The van der Waals surface area contributed by atoms with Gasteiger partial charge in [0.1, 0.15) is 5.75 Å². The van der Waals surface area contributed by atoms with Crippen LogP contribution in [0.25, 0.3) is 11.1 Å². The first-order chi connectivity index (χ1) is 11.2. The summed E-state index contributed by atoms with van der Waals surface area (Å²) in [5.74, 6) is 1.10. The van der Waals surface area contributed by atoms with E-state index in [1.807, 2.05) is 12.1 Å². The van der Waals surface area contributed by atoms with Crippen LogP contribution in [0.3, 0.4) is 0 Å². The second-order valence-corrected chi connectivity index (χ2v) is 5.09. The molecular formula is C17H17NO5. The number of methoxy groups -OCH3 is 1. The Labute approximate surface area is 133 Å². The van der Waals surface area contributed by atoms with Crippen molar-refractivity contribution in [1.29, 1.82) is 0 Å². The molecule has 1 amide bonds. The summed E-state index contributed by atoms with van der Waals surface area (Å²) in [6, 6.07) is 10.2. The van der Waals surface area contributed by atoms with Crippen LogP contribution in [-0.2, 0) is 4.74 Å². The van der Waals surface area contributed by atoms with E-state index in [0.29, 0.717) is 30.2 Å². The van der Waals surface area contributed by atoms with E-state index in [2.05, 4.69) is 5.32 Å². The van der Waals surface area contributed by atoms with Crippen molar-refractivity contribution in [2.75, 3.05) is 27.1 Å². The molecule has 0 aromatic heterocycles. The van der Waals surface area contributed by atoms with E-state index in [4.69, 9.17) is 14.2 Å². The fraction of sp³-hybridized carbons (Fsp3) is 0.235. The molecule has 2 N–H and O–H groups in total. The monoisotopic (exact) mass is 315 g/mol. The Morgan fingerprint density at radius 1 is 1.17 bits per heavy atom. The minimum absolute atomic E-state index is 0.0251. The van der Waals surface area contributed by atoms with Gasteiger partial charge in [0.05, 0.1) is 6.61 Å². The minimum Gasteiger partial charge on any atom is -0.508 e. The predicted octanol–water partition coefficient (Wildman–Crippen LogP) is 2.16. The van der Waals surface area contributed by atoms with Crippen LogP contribution in [-0.4, -0.2) is 38.1 Å². The van der Waals surface area contributed by atoms with Crippen LogP contribution in [0.5, 0.6) is 17.2 Å². The molecule has 1 aliphatic rings. The van der Waals surface area contributed by atoms with Crippen molar-refractivity contribution in [3.05, 3.63) is 42.0 Å². The molecule has 0 radical (unpaired) electrons. The summed E-state index contributed by atoms with van der Waals surface area (Å²) in [6.07, 6.45) is 0. The molecule has 0 aliphatic carbocycles. The second-order valence-electron chi connectivity index (χ2n) is 5.09. The van der Waals surface area contributed by atoms with Gasteiger partial charge in [0.25, 0.3) is 5.91 Å². The summed E-state index contributed by atoms with van der Waals surface area (Å²) in [6.45, 7) is 1.04. The number of fused-ring (bicyclic) bond motifs is 1. The third-order valence-corrected chi connectivity index (χ3v) is 3.48. The molecule has 1 aliphatic heterocycles. The first-order valence-corrected chi connectivity index (χ1v) is 7.18. The Kier molecular flexibility index (Phi) is 4.34. The highest BCUT2D eigenvalue weighted by atomic mass is 16.7. The Balaban J connectivity index is 1.87. The summed E-state index contributed by atoms with van der Waals surface area (Å²) in [5.41, 5.74) is 1.94. The molecule has 0 unspecified atom stereocenters. The highest BCUT2D eigenvalue weighted by molar-refractivity contribution is 5.96. The molecule has 0 saturated carbocycles. The molecule has 6 nitrogen and oxygen atoms in total. The number of nitrogens with one attached hydrogen (secondary N) is 1. The smallest absolute Gasteiger partial charge is 0.251 e. The predicted molar refractivity (Wildman–Crippen MR) is 83.9 cm³/mol. The van der Waals surface area contributed by atoms with Crippen molar-refractivity contribution >= 4 is 5.91 Å². The van der Waals surface area contributed by atoms with E-state index >= 15 is 0 Å². The van der Waals surface area contributed by atoms with E-state index in [1.165, 1.54) is 6.07 Å². The third-order valence-electron chi connectivity index (χ3n) is 3.48. The van der Waals surface area contributed by atoms with Crippen molar-refractivity contribution < 1.29 is 24.1 Å². The van der Waals surface area contributed by atoms with E-state index in [1.54, 1.807) is 25.3 Å². The maximum absolute atomic E-state index is 12.1. The van der Waals surface area contributed by atoms with Crippen molar-refractivity contribution in [3.63, 3.8) is 0 Å². The lowest BCUT2D eigenvalue weighted by Gasteiger charge is -2.09. The molecule has 23 heavy (non-hydrogen) atoms. The van der Waals surface area contributed by atoms with Gasteiger partial charge in [-0.2, -0.15) is 0 Å². The van der Waals surface area contributed by atoms with E-state index in [9.17, 15) is 9.90 Å². The van der Waals surface area contributed by atoms with Crippen LogP contribution in [0.2, 0.25) is 0 Å². The summed E-state index contributed by atoms with van der Waals surface area (Å²) in [7, 11) is 1.57. The number of benzene rings is 2. The van der Waals surface area contributed by atoms with Gasteiger partial charge in [0.15, 0.2) is 11.5 Å². The highest BCUT2D eigenvalue weighted by Crippen LogP contribution is 2.36. The fourth-order valence-electron chi connectivity index (χ4n) is 2.35. The number of rotatable bonds is 5. The zero-order valence-corrected chi connectivity index (χ0v) is 12.7. The normalized spacial score (nSPS) is 12.2. The molecule has 2 aromatic rings. The maximum atomic E-state index is 12.1. The van der Waals surface area contributed by atoms with E-state index < -0.39 is 0 Å². The molecule has 0 saturated heterocycles. The van der Waals surface area contributed by atoms with Crippen molar-refractivity contribution in [2.45, 2.75) is 0 Å². The standard InChI is InChI=1S/C17H17NO5/c1-21-5-4-18-17(20)13-6-12(7-14(19)8-13)11-2-3-15-16(9-11)23-10-22-15/h2-3,6-9,19H,4-5,10H2,1H3,(H,18,20). The molecule has 120 valence electrons. The number of hydrogen-bond acceptors (Lipinski definition) is 5. The lowest BCUT2D eigenvalue weighted by atomic mass is 10.0. The van der Waals surface area contributed by atoms with Crippen LogP contribution in [0.15, 0.2) is 36.4 Å². The Bertz CT molecular complexity index is 729. The Morgan fingerprint density at radius 2 is 2.00 bits per heavy atom. The molecule has 0 spiro atoms. The van der Waals surface area contributed by atoms with Crippen molar-refractivity contribution in [2.24, 2.45) is 0 Å². The number of carbonyl (C=O) groups is 1. The van der Waals surface area contributed by atoms with Crippen molar-refractivity contribution in [3.8, 4) is 28.4 Å². The Hall–Kier alpha value is -2.73. The van der Waals surface area contributed by atoms with Gasteiger partial charge in [-0.25, -0.2) is 0 Å². The first-order valence-electron chi connectivity index (χ1n) is 7.18. The quantitative estimate of drug-likeness (QED) is 0.827. The van der Waals surface area contributed by atoms with Gasteiger partial charge in [0, 0.05) is 19.2 Å². The number of phenolic OH excluding ortho intramolecular Hbond substituents is 1. The molecule has 0 atom stereocenters. The van der Waals surface area contributed by atoms with Gasteiger partial charge in [0.2, 0.25) is 6.79 Å². The highest BCUT2D eigenvalue weighted by Gasteiger charge is 2.15. The molecule has 2 aromatic carbocycles. The molecular weight excluding hydrogens is 298 g/mol. The Morgan fingerprint density at radius 3 is 2.83 bits per heavy atom. The van der Waals surface area contributed by atoms with Gasteiger partial charge >= 0.3 is 0 Å². The molecule has 1 heterocycles. The zero-order valence-electron chi connectivity index (χ0n) is 12.7. The third kappa shape index (κ3) is 3.37. The van der Waals surface area contributed by atoms with Crippen molar-refractivity contribution in [1.82, 2.24) is 5.32 Å². The average molecular weight is 315 g/mol. The SMILES string of the molecule is COCCNC(=O)c1cc(O)cc(-c2ccc3c(c2)OCO3)c1. The van der Waals surface area contributed by atoms with Gasteiger partial charge < -0.3 is 24.6 Å². The summed E-state index contributed by atoms with van der Waals surface area (Å²) in [4.78, 5) is 12.1. The number of hydrogen-bond donors (Lipinski definition) is 2. The maximum Gasteiger partial charge on any atom is 0.251 e. The lowest BCUT2D eigenvalue weighted by molar-refractivity contribution is 0.0936. The summed E-state index contributed by atoms with van der Waals surface area (Å²) < 4.78 is 15.5. The fourth-order valence-corrected chi connectivity index (χ4v) is 2.35. The molecule has 0 fully saturated rings. The van der Waals surface area contributed by atoms with Crippen LogP contribution >= 0.6 is 0 Å². The van der Waals surface area contributed by atoms with Crippen LogP contribution in [0.4, 0.5) is 0 Å². The molecule has 0 bridgehead atoms. The van der Waals surface area contributed by atoms with Gasteiger partial charge in [-0.15, -0.1) is 0 Å². The topological polar surface area (TPSA) is 77.0 Å². The lowest BCUT2D eigenvalue weighted by Crippen LogP contribution is -2.26. The minimum atomic E-state index is -0.264. The first kappa shape index (κ1) is 15.2. The molecule has 6 heteroatoms. The second kappa shape index (κ2) is 6.58. The summed E-state index contributed by atoms with van der Waals surface area (Å²) >= 11 is 0. The van der Waals surface area contributed by atoms with Gasteiger partial charge in [-0.1, -0.05) is 6.07 Å². The number of carbonyl (C=O) groups excluding carboxylic acids is 1. The van der Waals surface area contributed by atoms with Gasteiger partial charge in [-0.05, 0) is 41.5 Å². The zero-order chi connectivity index (χ0) is 16.2. The van der Waals surface area contributed by atoms with Crippen LogP contribution in [0, 0.1) is 0 Å². The van der Waals surface area contributed by atoms with Crippen LogP contribution in [0.1, 0.15) is 10.4 Å². The number of phenols is 1. The largest absolute Gasteiger partial charge is 0.508 e. The number of aromatic hydroxyl groups is 1.